The van der Waals surface area contributed by atoms with Gasteiger partial charge in [-0.3, -0.25) is 0 Å². The van der Waals surface area contributed by atoms with Crippen LogP contribution in [0, 0.1) is 34.5 Å². The number of fused-ring (bicyclic) bond motifs is 5. The van der Waals surface area contributed by atoms with Gasteiger partial charge in [0.15, 0.2) is 0 Å². The zero-order chi connectivity index (χ0) is 19.9. The summed E-state index contributed by atoms with van der Waals surface area (Å²) >= 11 is 0. The first-order valence-corrected chi connectivity index (χ1v) is 11.2. The molecule has 1 heterocycles. The van der Waals surface area contributed by atoms with Crippen molar-refractivity contribution in [2.75, 3.05) is 6.61 Å². The van der Waals surface area contributed by atoms with Crippen molar-refractivity contribution in [1.82, 2.24) is 0 Å². The number of cyclic esters (lactones) is 1. The van der Waals surface area contributed by atoms with E-state index >= 15 is 0 Å². The van der Waals surface area contributed by atoms with Crippen LogP contribution in [-0.2, 0) is 9.53 Å². The number of hydrogen-bond donors (Lipinski definition) is 3. The van der Waals surface area contributed by atoms with Gasteiger partial charge in [0.1, 0.15) is 6.61 Å². The summed E-state index contributed by atoms with van der Waals surface area (Å²) < 4.78 is 5.16. The quantitative estimate of drug-likeness (QED) is 0.599. The maximum Gasteiger partial charge on any atom is 0.331 e. The lowest BCUT2D eigenvalue weighted by Crippen LogP contribution is -2.67. The van der Waals surface area contributed by atoms with E-state index in [1.165, 1.54) is 0 Å². The van der Waals surface area contributed by atoms with Gasteiger partial charge < -0.3 is 20.1 Å². The highest BCUT2D eigenvalue weighted by Gasteiger charge is 2.70. The van der Waals surface area contributed by atoms with Crippen molar-refractivity contribution in [2.24, 2.45) is 34.5 Å². The standard InChI is InChI=1S/C23H34O5/c1-21-7-5-15(24)10-14(21)3-4-17-18(21)11-19(25)22(2)16(6-8-23(17,22)27)13-9-20(26)28-12-13/h9,14-19,24-25,27H,3-8,10-12H2,1-2H3/t14-,15+,16+,17-,18-,19-,21+,22+,23+/m1/s1. The van der Waals surface area contributed by atoms with Crippen LogP contribution >= 0.6 is 0 Å². The van der Waals surface area contributed by atoms with Gasteiger partial charge in [0, 0.05) is 11.5 Å². The molecular formula is C23H34O5. The number of hydrogen-bond acceptors (Lipinski definition) is 5. The van der Waals surface area contributed by atoms with Crippen LogP contribution in [0.5, 0.6) is 0 Å². The Morgan fingerprint density at radius 3 is 2.54 bits per heavy atom. The molecule has 0 unspecified atom stereocenters. The minimum atomic E-state index is -0.906. The van der Waals surface area contributed by atoms with Gasteiger partial charge in [-0.25, -0.2) is 4.79 Å². The summed E-state index contributed by atoms with van der Waals surface area (Å²) in [6, 6.07) is 0. The molecule has 1 aliphatic heterocycles. The van der Waals surface area contributed by atoms with Crippen LogP contribution in [0.2, 0.25) is 0 Å². The Balaban J connectivity index is 1.51. The first-order chi connectivity index (χ1) is 13.2. The third-order valence-electron chi connectivity index (χ3n) is 10.0. The highest BCUT2D eigenvalue weighted by atomic mass is 16.5. The van der Waals surface area contributed by atoms with Crippen LogP contribution in [0.3, 0.4) is 0 Å². The maximum atomic E-state index is 12.1. The third-order valence-corrected chi connectivity index (χ3v) is 10.0. The summed E-state index contributed by atoms with van der Waals surface area (Å²) in [6.45, 7) is 4.69. The van der Waals surface area contributed by atoms with Crippen molar-refractivity contribution < 1.29 is 24.9 Å². The second kappa shape index (κ2) is 6.05. The Bertz CT molecular complexity index is 718. The molecule has 28 heavy (non-hydrogen) atoms. The topological polar surface area (TPSA) is 87.0 Å². The van der Waals surface area contributed by atoms with Crippen molar-refractivity contribution in [3.63, 3.8) is 0 Å². The van der Waals surface area contributed by atoms with Crippen molar-refractivity contribution in [1.29, 1.82) is 0 Å². The van der Waals surface area contributed by atoms with E-state index in [1.54, 1.807) is 6.08 Å². The van der Waals surface area contributed by atoms with Crippen molar-refractivity contribution in [3.05, 3.63) is 11.6 Å². The van der Waals surface area contributed by atoms with Crippen molar-refractivity contribution in [2.45, 2.75) is 83.0 Å². The molecule has 4 aliphatic carbocycles. The van der Waals surface area contributed by atoms with Crippen molar-refractivity contribution in [3.8, 4) is 0 Å². The maximum absolute atomic E-state index is 12.1. The molecule has 5 heteroatoms. The Morgan fingerprint density at radius 2 is 1.82 bits per heavy atom. The molecule has 5 rings (SSSR count). The number of aliphatic hydroxyl groups is 3. The van der Waals surface area contributed by atoms with E-state index in [4.69, 9.17) is 4.74 Å². The van der Waals surface area contributed by atoms with Crippen LogP contribution in [0.1, 0.15) is 65.2 Å². The molecule has 0 aromatic rings. The molecule has 0 radical (unpaired) electrons. The predicted molar refractivity (Wildman–Crippen MR) is 103 cm³/mol. The van der Waals surface area contributed by atoms with Crippen LogP contribution in [-0.4, -0.2) is 45.7 Å². The molecule has 0 aromatic carbocycles. The van der Waals surface area contributed by atoms with Gasteiger partial charge in [0.25, 0.3) is 0 Å². The van der Waals surface area contributed by atoms with Gasteiger partial charge in [-0.15, -0.1) is 0 Å². The lowest BCUT2D eigenvalue weighted by molar-refractivity contribution is -0.244. The summed E-state index contributed by atoms with van der Waals surface area (Å²) in [4.78, 5) is 11.6. The average Bonchev–Trinajstić information content (AvgIpc) is 3.19. The second-order valence-corrected chi connectivity index (χ2v) is 10.8. The molecule has 0 spiro atoms. The Labute approximate surface area is 167 Å². The third kappa shape index (κ3) is 2.27. The van der Waals surface area contributed by atoms with E-state index in [9.17, 15) is 20.1 Å². The molecule has 4 fully saturated rings. The zero-order valence-electron chi connectivity index (χ0n) is 17.1. The van der Waals surface area contributed by atoms with E-state index in [1.807, 2.05) is 6.92 Å². The number of esters is 1. The Morgan fingerprint density at radius 1 is 1.04 bits per heavy atom. The fraction of sp³-hybridized carbons (Fsp3) is 0.870. The molecule has 156 valence electrons. The van der Waals surface area contributed by atoms with E-state index in [0.717, 1.165) is 44.1 Å². The SMILES string of the molecule is C[C@]12CC[C@H](O)C[C@H]1CC[C@@H]1[C@H]2C[C@@H](O)[C@]2(C)[C@H](C3=CC(=O)OC3)CC[C@]12O. The van der Waals surface area contributed by atoms with Gasteiger partial charge in [0.2, 0.25) is 0 Å². The lowest BCUT2D eigenvalue weighted by atomic mass is 9.42. The molecule has 0 saturated heterocycles. The Kier molecular flexibility index (Phi) is 4.12. The fourth-order valence-corrected chi connectivity index (χ4v) is 8.37. The monoisotopic (exact) mass is 390 g/mol. The fourth-order valence-electron chi connectivity index (χ4n) is 8.37. The highest BCUT2D eigenvalue weighted by molar-refractivity contribution is 5.85. The van der Waals surface area contributed by atoms with Crippen LogP contribution in [0.25, 0.3) is 0 Å². The largest absolute Gasteiger partial charge is 0.458 e. The van der Waals surface area contributed by atoms with Gasteiger partial charge in [-0.1, -0.05) is 13.8 Å². The van der Waals surface area contributed by atoms with Gasteiger partial charge >= 0.3 is 5.97 Å². The van der Waals surface area contributed by atoms with Crippen LogP contribution in [0.4, 0.5) is 0 Å². The normalized spacial score (nSPS) is 55.8. The van der Waals surface area contributed by atoms with E-state index < -0.39 is 17.1 Å². The molecule has 4 saturated carbocycles. The minimum Gasteiger partial charge on any atom is -0.458 e. The lowest BCUT2D eigenvalue weighted by Gasteiger charge is -2.64. The first-order valence-electron chi connectivity index (χ1n) is 11.2. The number of carbonyl (C=O) groups excluding carboxylic acids is 1. The second-order valence-electron chi connectivity index (χ2n) is 10.8. The highest BCUT2D eigenvalue weighted by Crippen LogP contribution is 2.69. The number of aliphatic hydroxyl groups excluding tert-OH is 2. The molecule has 5 aliphatic rings. The first kappa shape index (κ1) is 19.1. The molecule has 0 amide bonds. The van der Waals surface area contributed by atoms with Gasteiger partial charge in [-0.2, -0.15) is 0 Å². The smallest absolute Gasteiger partial charge is 0.331 e. The molecule has 5 nitrogen and oxygen atoms in total. The molecule has 0 bridgehead atoms. The summed E-state index contributed by atoms with van der Waals surface area (Å²) in [7, 11) is 0. The molecule has 0 aromatic heterocycles. The summed E-state index contributed by atoms with van der Waals surface area (Å²) in [5.41, 5.74) is -0.507. The Hall–Kier alpha value is -0.910. The average molecular weight is 391 g/mol. The van der Waals surface area contributed by atoms with Crippen LogP contribution in [0.15, 0.2) is 11.6 Å². The molecule has 3 N–H and O–H groups in total. The van der Waals surface area contributed by atoms with Gasteiger partial charge in [0.05, 0.1) is 17.8 Å². The summed E-state index contributed by atoms with van der Waals surface area (Å²) in [5, 5.41) is 33.7. The van der Waals surface area contributed by atoms with Crippen LogP contribution < -0.4 is 0 Å². The summed E-state index contributed by atoms with van der Waals surface area (Å²) in [6.07, 6.45) is 7.69. The summed E-state index contributed by atoms with van der Waals surface area (Å²) in [5.74, 6) is 0.657. The molecular weight excluding hydrogens is 356 g/mol. The minimum absolute atomic E-state index is 0.00129. The number of ether oxygens (including phenoxy) is 1. The van der Waals surface area contributed by atoms with Gasteiger partial charge in [-0.05, 0) is 86.0 Å². The van der Waals surface area contributed by atoms with E-state index in [-0.39, 0.29) is 29.3 Å². The van der Waals surface area contributed by atoms with Crippen molar-refractivity contribution >= 4 is 5.97 Å². The van der Waals surface area contributed by atoms with E-state index in [2.05, 4.69) is 6.92 Å². The number of rotatable bonds is 1. The van der Waals surface area contributed by atoms with E-state index in [0.29, 0.717) is 31.3 Å². The molecule has 9 atom stereocenters. The zero-order valence-corrected chi connectivity index (χ0v) is 17.1. The predicted octanol–water partition coefficient (Wildman–Crippen LogP) is 2.58. The number of carbonyl (C=O) groups is 1.